The minimum atomic E-state index is -0.878. The highest BCUT2D eigenvalue weighted by atomic mass is 35.5. The maximum Gasteiger partial charge on any atom is 0.105 e. The number of nitrogens with two attached hydrogens (primary N) is 1. The largest absolute Gasteiger partial charge is 0.390 e. The molecule has 0 fully saturated rings. The van der Waals surface area contributed by atoms with E-state index in [2.05, 4.69) is 0 Å². The first-order valence-corrected chi connectivity index (χ1v) is 5.93. The van der Waals surface area contributed by atoms with Crippen molar-refractivity contribution in [2.45, 2.75) is 25.0 Å². The molecule has 4 heteroatoms. The Hall–Kier alpha value is -0.610. The lowest BCUT2D eigenvalue weighted by molar-refractivity contribution is 0.0169. The molecule has 0 amide bonds. The first-order valence-electron chi connectivity index (χ1n) is 5.40. The van der Waals surface area contributed by atoms with Crippen LogP contribution in [0.1, 0.15) is 23.7 Å². The van der Waals surface area contributed by atoms with E-state index in [1.807, 2.05) is 18.2 Å². The van der Waals surface area contributed by atoms with E-state index < -0.39 is 12.2 Å². The van der Waals surface area contributed by atoms with Crippen molar-refractivity contribution >= 4 is 11.6 Å². The average Bonchev–Trinajstić information content (AvgIpc) is 2.29. The summed E-state index contributed by atoms with van der Waals surface area (Å²) in [6.07, 6.45) is -0.544. The molecule has 90 valence electrons. The van der Waals surface area contributed by atoms with Crippen LogP contribution in [0.2, 0.25) is 0 Å². The van der Waals surface area contributed by atoms with E-state index in [-0.39, 0.29) is 0 Å². The number of benzene rings is 1. The third-order valence-corrected chi connectivity index (χ3v) is 2.71. The normalized spacial score (nSPS) is 14.8. The van der Waals surface area contributed by atoms with Gasteiger partial charge in [-0.2, -0.15) is 0 Å². The van der Waals surface area contributed by atoms with Gasteiger partial charge in [0.2, 0.25) is 0 Å². The van der Waals surface area contributed by atoms with Crippen LogP contribution >= 0.6 is 11.6 Å². The number of hydrogen-bond donors (Lipinski definition) is 3. The molecule has 0 bridgehead atoms. The summed E-state index contributed by atoms with van der Waals surface area (Å²) in [5.74, 6) is 0.334. The van der Waals surface area contributed by atoms with Gasteiger partial charge in [-0.05, 0) is 30.5 Å². The predicted molar refractivity (Wildman–Crippen MR) is 65.5 cm³/mol. The summed E-state index contributed by atoms with van der Waals surface area (Å²) >= 11 is 5.52. The molecule has 1 rings (SSSR count). The Labute approximate surface area is 101 Å². The van der Waals surface area contributed by atoms with Crippen LogP contribution in [0.4, 0.5) is 0 Å². The van der Waals surface area contributed by atoms with E-state index in [4.69, 9.17) is 17.3 Å². The predicted octanol–water partition coefficient (Wildman–Crippen LogP) is 1.21. The van der Waals surface area contributed by atoms with Crippen molar-refractivity contribution in [3.8, 4) is 0 Å². The van der Waals surface area contributed by atoms with Gasteiger partial charge < -0.3 is 15.9 Å². The number of aliphatic hydroxyl groups excluding tert-OH is 2. The Morgan fingerprint density at radius 1 is 1.31 bits per heavy atom. The van der Waals surface area contributed by atoms with Crippen molar-refractivity contribution in [3.63, 3.8) is 0 Å². The highest BCUT2D eigenvalue weighted by molar-refractivity contribution is 6.17. The van der Waals surface area contributed by atoms with Crippen molar-refractivity contribution < 1.29 is 10.2 Å². The summed E-state index contributed by atoms with van der Waals surface area (Å²) in [4.78, 5) is 0. The molecule has 0 aliphatic rings. The van der Waals surface area contributed by atoms with E-state index in [0.717, 1.165) is 12.0 Å². The summed E-state index contributed by atoms with van der Waals surface area (Å²) in [5, 5.41) is 19.5. The molecule has 0 saturated carbocycles. The van der Waals surface area contributed by atoms with Gasteiger partial charge in [0.05, 0.1) is 6.10 Å². The SMILES string of the molecule is NCCc1cccc(C(O)C(O)CCCl)c1. The zero-order chi connectivity index (χ0) is 12.0. The summed E-state index contributed by atoms with van der Waals surface area (Å²) in [6.45, 7) is 0.573. The number of aliphatic hydroxyl groups is 2. The first kappa shape index (κ1) is 13.5. The molecular formula is C12H18ClNO2. The molecule has 4 N–H and O–H groups in total. The number of alkyl halides is 1. The molecule has 16 heavy (non-hydrogen) atoms. The Morgan fingerprint density at radius 3 is 2.69 bits per heavy atom. The van der Waals surface area contributed by atoms with E-state index >= 15 is 0 Å². The Morgan fingerprint density at radius 2 is 2.06 bits per heavy atom. The molecule has 0 radical (unpaired) electrons. The smallest absolute Gasteiger partial charge is 0.105 e. The molecule has 2 atom stereocenters. The maximum atomic E-state index is 9.87. The summed E-state index contributed by atoms with van der Waals surface area (Å²) in [5.41, 5.74) is 7.24. The van der Waals surface area contributed by atoms with Crippen LogP contribution < -0.4 is 5.73 Å². The van der Waals surface area contributed by atoms with Gasteiger partial charge >= 0.3 is 0 Å². The van der Waals surface area contributed by atoms with Crippen molar-refractivity contribution in [1.29, 1.82) is 0 Å². The molecule has 0 saturated heterocycles. The van der Waals surface area contributed by atoms with Crippen LogP contribution in [0.3, 0.4) is 0 Å². The Kier molecular flexibility index (Phi) is 5.77. The quantitative estimate of drug-likeness (QED) is 0.658. The number of rotatable bonds is 6. The lowest BCUT2D eigenvalue weighted by Crippen LogP contribution is -2.18. The average molecular weight is 244 g/mol. The maximum absolute atomic E-state index is 9.87. The van der Waals surface area contributed by atoms with E-state index in [0.29, 0.717) is 24.4 Å². The molecule has 0 heterocycles. The Balaban J connectivity index is 2.74. The van der Waals surface area contributed by atoms with Crippen LogP contribution in [0.25, 0.3) is 0 Å². The number of hydrogen-bond acceptors (Lipinski definition) is 3. The first-order chi connectivity index (χ1) is 7.69. The van der Waals surface area contributed by atoms with Crippen LogP contribution in [0.15, 0.2) is 24.3 Å². The molecule has 0 aromatic heterocycles. The van der Waals surface area contributed by atoms with Crippen molar-refractivity contribution in [3.05, 3.63) is 35.4 Å². The fourth-order valence-corrected chi connectivity index (χ4v) is 1.81. The second-order valence-electron chi connectivity index (χ2n) is 3.77. The van der Waals surface area contributed by atoms with E-state index in [1.165, 1.54) is 0 Å². The third kappa shape index (κ3) is 3.76. The fourth-order valence-electron chi connectivity index (χ4n) is 1.59. The van der Waals surface area contributed by atoms with Gasteiger partial charge in [-0.15, -0.1) is 11.6 Å². The van der Waals surface area contributed by atoms with E-state index in [9.17, 15) is 10.2 Å². The van der Waals surface area contributed by atoms with Gasteiger partial charge in [-0.1, -0.05) is 24.3 Å². The highest BCUT2D eigenvalue weighted by Gasteiger charge is 2.17. The minimum absolute atomic E-state index is 0.334. The topological polar surface area (TPSA) is 66.5 Å². The van der Waals surface area contributed by atoms with Gasteiger partial charge in [-0.3, -0.25) is 0 Å². The standard InChI is InChI=1S/C12H18ClNO2/c13-6-4-11(15)12(16)10-3-1-2-9(8-10)5-7-14/h1-3,8,11-12,15-16H,4-7,14H2. The van der Waals surface area contributed by atoms with Crippen LogP contribution in [-0.4, -0.2) is 28.7 Å². The van der Waals surface area contributed by atoms with Gasteiger partial charge in [0.1, 0.15) is 6.10 Å². The van der Waals surface area contributed by atoms with Crippen molar-refractivity contribution in [1.82, 2.24) is 0 Å². The lowest BCUT2D eigenvalue weighted by Gasteiger charge is -2.17. The van der Waals surface area contributed by atoms with Crippen molar-refractivity contribution in [2.24, 2.45) is 5.73 Å². The molecule has 3 nitrogen and oxygen atoms in total. The van der Waals surface area contributed by atoms with Gasteiger partial charge in [0, 0.05) is 5.88 Å². The molecule has 1 aromatic carbocycles. The fraction of sp³-hybridized carbons (Fsp3) is 0.500. The van der Waals surface area contributed by atoms with Crippen LogP contribution in [0, 0.1) is 0 Å². The highest BCUT2D eigenvalue weighted by Crippen LogP contribution is 2.20. The summed E-state index contributed by atoms with van der Waals surface area (Å²) < 4.78 is 0. The molecule has 0 aliphatic heterocycles. The van der Waals surface area contributed by atoms with E-state index in [1.54, 1.807) is 6.07 Å². The summed E-state index contributed by atoms with van der Waals surface area (Å²) in [6, 6.07) is 7.48. The number of halogens is 1. The van der Waals surface area contributed by atoms with Crippen LogP contribution in [-0.2, 0) is 6.42 Å². The lowest BCUT2D eigenvalue weighted by atomic mass is 9.99. The zero-order valence-corrected chi connectivity index (χ0v) is 9.90. The van der Waals surface area contributed by atoms with Crippen molar-refractivity contribution in [2.75, 3.05) is 12.4 Å². The summed E-state index contributed by atoms with van der Waals surface area (Å²) in [7, 11) is 0. The second kappa shape index (κ2) is 6.86. The third-order valence-electron chi connectivity index (χ3n) is 2.49. The van der Waals surface area contributed by atoms with Crippen LogP contribution in [0.5, 0.6) is 0 Å². The molecular weight excluding hydrogens is 226 g/mol. The van der Waals surface area contributed by atoms with Gasteiger partial charge in [0.15, 0.2) is 0 Å². The van der Waals surface area contributed by atoms with Gasteiger partial charge in [-0.25, -0.2) is 0 Å². The minimum Gasteiger partial charge on any atom is -0.390 e. The monoisotopic (exact) mass is 243 g/mol. The Bertz CT molecular complexity index is 320. The second-order valence-corrected chi connectivity index (χ2v) is 4.15. The zero-order valence-electron chi connectivity index (χ0n) is 9.14. The molecule has 1 aromatic rings. The molecule has 0 aliphatic carbocycles. The molecule has 2 unspecified atom stereocenters. The van der Waals surface area contributed by atoms with Gasteiger partial charge in [0.25, 0.3) is 0 Å². The molecule has 0 spiro atoms.